The summed E-state index contributed by atoms with van der Waals surface area (Å²) in [5.74, 6) is 0. The Morgan fingerprint density at radius 2 is 2.17 bits per heavy atom. The number of rotatable bonds is 1. The van der Waals surface area contributed by atoms with E-state index in [4.69, 9.17) is 5.26 Å². The van der Waals surface area contributed by atoms with Gasteiger partial charge in [-0.3, -0.25) is 0 Å². The van der Waals surface area contributed by atoms with Gasteiger partial charge < -0.3 is 0 Å². The predicted octanol–water partition coefficient (Wildman–Crippen LogP) is 0.324. The van der Waals surface area contributed by atoms with Crippen molar-refractivity contribution in [3.05, 3.63) is 0 Å². The van der Waals surface area contributed by atoms with E-state index in [-0.39, 0.29) is 0 Å². The zero-order valence-corrected chi connectivity index (χ0v) is 7.84. The van der Waals surface area contributed by atoms with Crippen LogP contribution < -0.4 is 0 Å². The lowest BCUT2D eigenvalue weighted by atomic mass is 10.1. The SMILES string of the molecule is CS(=O)(=O)N1CCCC[C@H]1C#N. The third-order valence-corrected chi connectivity index (χ3v) is 3.32. The number of nitriles is 1. The van der Waals surface area contributed by atoms with Gasteiger partial charge in [0.25, 0.3) is 0 Å². The minimum Gasteiger partial charge on any atom is -0.212 e. The van der Waals surface area contributed by atoms with Crippen molar-refractivity contribution < 1.29 is 8.42 Å². The van der Waals surface area contributed by atoms with Crippen LogP contribution in [0.2, 0.25) is 0 Å². The average Bonchev–Trinajstić information content (AvgIpc) is 2.03. The van der Waals surface area contributed by atoms with Gasteiger partial charge in [0, 0.05) is 6.54 Å². The van der Waals surface area contributed by atoms with Gasteiger partial charge in [-0.25, -0.2) is 8.42 Å². The van der Waals surface area contributed by atoms with Gasteiger partial charge in [-0.1, -0.05) is 0 Å². The molecule has 0 N–H and O–H groups in total. The number of piperidine rings is 1. The van der Waals surface area contributed by atoms with Gasteiger partial charge in [0.05, 0.1) is 12.3 Å². The van der Waals surface area contributed by atoms with Crippen LogP contribution in [0.5, 0.6) is 0 Å². The third-order valence-electron chi connectivity index (χ3n) is 2.03. The highest BCUT2D eigenvalue weighted by Gasteiger charge is 2.28. The summed E-state index contributed by atoms with van der Waals surface area (Å²) < 4.78 is 23.5. The van der Waals surface area contributed by atoms with E-state index in [1.165, 1.54) is 4.31 Å². The summed E-state index contributed by atoms with van der Waals surface area (Å²) in [6.07, 6.45) is 3.64. The van der Waals surface area contributed by atoms with Gasteiger partial charge in [0.2, 0.25) is 10.0 Å². The molecule has 1 atom stereocenters. The van der Waals surface area contributed by atoms with Crippen molar-refractivity contribution in [1.29, 1.82) is 5.26 Å². The standard InChI is InChI=1S/C7H12N2O2S/c1-12(10,11)9-5-3-2-4-7(9)6-8/h7H,2-5H2,1H3/t7-/m0/s1. The molecule has 0 amide bonds. The minimum absolute atomic E-state index is 0.436. The third kappa shape index (κ3) is 1.96. The molecule has 0 unspecified atom stereocenters. The molecule has 0 aromatic carbocycles. The first-order chi connectivity index (χ1) is 5.55. The van der Waals surface area contributed by atoms with Crippen molar-refractivity contribution >= 4 is 10.0 Å². The average molecular weight is 188 g/mol. The second kappa shape index (κ2) is 3.42. The summed E-state index contributed by atoms with van der Waals surface area (Å²) in [4.78, 5) is 0. The van der Waals surface area contributed by atoms with Crippen LogP contribution in [0.1, 0.15) is 19.3 Å². The molecule has 1 aliphatic rings. The molecule has 0 saturated carbocycles. The number of sulfonamides is 1. The summed E-state index contributed by atoms with van der Waals surface area (Å²) >= 11 is 0. The van der Waals surface area contributed by atoms with E-state index < -0.39 is 16.1 Å². The van der Waals surface area contributed by atoms with Crippen molar-refractivity contribution in [2.45, 2.75) is 25.3 Å². The largest absolute Gasteiger partial charge is 0.212 e. The van der Waals surface area contributed by atoms with Crippen molar-refractivity contribution in [3.63, 3.8) is 0 Å². The first-order valence-corrected chi connectivity index (χ1v) is 5.77. The molecule has 12 heavy (non-hydrogen) atoms. The molecule has 1 fully saturated rings. The fourth-order valence-corrected chi connectivity index (χ4v) is 2.51. The van der Waals surface area contributed by atoms with Gasteiger partial charge >= 0.3 is 0 Å². The maximum Gasteiger partial charge on any atom is 0.212 e. The van der Waals surface area contributed by atoms with E-state index >= 15 is 0 Å². The fraction of sp³-hybridized carbons (Fsp3) is 0.857. The molecule has 68 valence electrons. The zero-order valence-electron chi connectivity index (χ0n) is 7.02. The normalized spacial score (nSPS) is 26.5. The maximum absolute atomic E-state index is 11.1. The summed E-state index contributed by atoms with van der Waals surface area (Å²) in [5, 5.41) is 8.67. The molecule has 0 bridgehead atoms. The van der Waals surface area contributed by atoms with E-state index in [2.05, 4.69) is 0 Å². The highest BCUT2D eigenvalue weighted by molar-refractivity contribution is 7.88. The number of nitrogens with zero attached hydrogens (tertiary/aromatic N) is 2. The van der Waals surface area contributed by atoms with Crippen molar-refractivity contribution in [1.82, 2.24) is 4.31 Å². The molecule has 0 spiro atoms. The van der Waals surface area contributed by atoms with E-state index in [0.717, 1.165) is 19.1 Å². The number of hydrogen-bond acceptors (Lipinski definition) is 3. The van der Waals surface area contributed by atoms with E-state index in [1.54, 1.807) is 0 Å². The summed E-state index contributed by atoms with van der Waals surface area (Å²) in [6, 6.07) is 1.57. The zero-order chi connectivity index (χ0) is 9.19. The van der Waals surface area contributed by atoms with Crippen LogP contribution in [-0.2, 0) is 10.0 Å². The Kier molecular flexibility index (Phi) is 2.70. The van der Waals surface area contributed by atoms with Gasteiger partial charge in [0.1, 0.15) is 6.04 Å². The second-order valence-corrected chi connectivity index (χ2v) is 4.95. The minimum atomic E-state index is -3.18. The molecule has 0 aromatic rings. The van der Waals surface area contributed by atoms with E-state index in [9.17, 15) is 8.42 Å². The Morgan fingerprint density at radius 1 is 1.50 bits per heavy atom. The Balaban J connectivity index is 2.81. The molecular formula is C7H12N2O2S. The Morgan fingerprint density at radius 3 is 2.58 bits per heavy atom. The van der Waals surface area contributed by atoms with Crippen LogP contribution in [0.4, 0.5) is 0 Å². The van der Waals surface area contributed by atoms with Crippen molar-refractivity contribution in [3.8, 4) is 6.07 Å². The molecule has 1 saturated heterocycles. The molecule has 1 heterocycles. The quantitative estimate of drug-likeness (QED) is 0.595. The lowest BCUT2D eigenvalue weighted by molar-refractivity contribution is 0.299. The van der Waals surface area contributed by atoms with Crippen LogP contribution in [-0.4, -0.2) is 31.6 Å². The molecule has 0 aromatic heterocycles. The van der Waals surface area contributed by atoms with Gasteiger partial charge in [-0.05, 0) is 19.3 Å². The van der Waals surface area contributed by atoms with E-state index in [1.807, 2.05) is 6.07 Å². The van der Waals surface area contributed by atoms with E-state index in [0.29, 0.717) is 13.0 Å². The second-order valence-electron chi connectivity index (χ2n) is 3.01. The molecule has 1 rings (SSSR count). The molecule has 0 radical (unpaired) electrons. The Labute approximate surface area is 72.8 Å². The number of hydrogen-bond donors (Lipinski definition) is 0. The molecular weight excluding hydrogens is 176 g/mol. The molecule has 0 aliphatic carbocycles. The van der Waals surface area contributed by atoms with Crippen LogP contribution in [0.25, 0.3) is 0 Å². The summed E-state index contributed by atoms with van der Waals surface area (Å²) in [5.41, 5.74) is 0. The lowest BCUT2D eigenvalue weighted by Gasteiger charge is -2.28. The van der Waals surface area contributed by atoms with Crippen molar-refractivity contribution in [2.24, 2.45) is 0 Å². The summed E-state index contributed by atoms with van der Waals surface area (Å²) in [6.45, 7) is 0.497. The molecule has 4 nitrogen and oxygen atoms in total. The predicted molar refractivity (Wildman–Crippen MR) is 44.8 cm³/mol. The molecule has 1 aliphatic heterocycles. The topological polar surface area (TPSA) is 61.2 Å². The first kappa shape index (κ1) is 9.49. The monoisotopic (exact) mass is 188 g/mol. The smallest absolute Gasteiger partial charge is 0.212 e. The van der Waals surface area contributed by atoms with Crippen LogP contribution >= 0.6 is 0 Å². The van der Waals surface area contributed by atoms with Crippen molar-refractivity contribution in [2.75, 3.05) is 12.8 Å². The van der Waals surface area contributed by atoms with Gasteiger partial charge in [0.15, 0.2) is 0 Å². The van der Waals surface area contributed by atoms with Gasteiger partial charge in [-0.15, -0.1) is 0 Å². The Bertz CT molecular complexity index is 291. The maximum atomic E-state index is 11.1. The van der Waals surface area contributed by atoms with Crippen LogP contribution in [0.15, 0.2) is 0 Å². The lowest BCUT2D eigenvalue weighted by Crippen LogP contribution is -2.42. The first-order valence-electron chi connectivity index (χ1n) is 3.92. The molecule has 5 heteroatoms. The highest BCUT2D eigenvalue weighted by atomic mass is 32.2. The fourth-order valence-electron chi connectivity index (χ4n) is 1.43. The van der Waals surface area contributed by atoms with Crippen LogP contribution in [0, 0.1) is 11.3 Å². The summed E-state index contributed by atoms with van der Waals surface area (Å²) in [7, 11) is -3.18. The van der Waals surface area contributed by atoms with Crippen LogP contribution in [0.3, 0.4) is 0 Å². The Hall–Kier alpha value is -0.600. The highest BCUT2D eigenvalue weighted by Crippen LogP contribution is 2.18. The van der Waals surface area contributed by atoms with Gasteiger partial charge in [-0.2, -0.15) is 9.57 Å².